The minimum Gasteiger partial charge on any atom is -0.487 e. The van der Waals surface area contributed by atoms with Gasteiger partial charge in [0, 0.05) is 30.6 Å². The number of hydrogen-bond donors (Lipinski definition) is 0. The average molecular weight is 369 g/mol. The molecule has 0 radical (unpaired) electrons. The summed E-state index contributed by atoms with van der Waals surface area (Å²) in [5, 5.41) is 0.567. The molecular formula is C20H17ClN2O3. The van der Waals surface area contributed by atoms with Gasteiger partial charge in [-0.15, -0.1) is 0 Å². The number of aryl methyl sites for hydroxylation is 2. The van der Waals surface area contributed by atoms with E-state index < -0.39 is 0 Å². The van der Waals surface area contributed by atoms with Crippen molar-refractivity contribution < 1.29 is 9.53 Å². The molecule has 2 aromatic heterocycles. The molecule has 2 heterocycles. The molecule has 0 N–H and O–H groups in total. The van der Waals surface area contributed by atoms with E-state index in [0.29, 0.717) is 29.3 Å². The number of aldehydes is 1. The summed E-state index contributed by atoms with van der Waals surface area (Å²) in [5.41, 5.74) is 2.31. The smallest absolute Gasteiger partial charge is 0.254 e. The molecule has 3 aromatic rings. The summed E-state index contributed by atoms with van der Waals surface area (Å²) >= 11 is 5.79. The lowest BCUT2D eigenvalue weighted by atomic mass is 10.1. The van der Waals surface area contributed by atoms with E-state index in [1.54, 1.807) is 47.3 Å². The summed E-state index contributed by atoms with van der Waals surface area (Å²) in [4.78, 5) is 27.0. The first-order valence-corrected chi connectivity index (χ1v) is 8.50. The van der Waals surface area contributed by atoms with E-state index in [1.807, 2.05) is 12.1 Å². The van der Waals surface area contributed by atoms with Crippen molar-refractivity contribution in [3.63, 3.8) is 0 Å². The van der Waals surface area contributed by atoms with Gasteiger partial charge in [0.15, 0.2) is 0 Å². The first-order valence-electron chi connectivity index (χ1n) is 8.12. The molecule has 0 aliphatic rings. The van der Waals surface area contributed by atoms with Crippen LogP contribution in [0.5, 0.6) is 5.75 Å². The highest BCUT2D eigenvalue weighted by molar-refractivity contribution is 6.30. The average Bonchev–Trinajstić information content (AvgIpc) is 2.67. The van der Waals surface area contributed by atoms with Crippen LogP contribution in [0.15, 0.2) is 65.7 Å². The normalized spacial score (nSPS) is 10.5. The Bertz CT molecular complexity index is 935. The highest BCUT2D eigenvalue weighted by atomic mass is 35.5. The van der Waals surface area contributed by atoms with E-state index in [4.69, 9.17) is 16.3 Å². The maximum Gasteiger partial charge on any atom is 0.254 e. The molecule has 0 saturated heterocycles. The molecule has 0 aliphatic carbocycles. The van der Waals surface area contributed by atoms with Gasteiger partial charge in [0.1, 0.15) is 18.6 Å². The Balaban J connectivity index is 1.58. The number of carbonyl (C=O) groups is 1. The van der Waals surface area contributed by atoms with Gasteiger partial charge in [0.05, 0.1) is 10.7 Å². The molecule has 26 heavy (non-hydrogen) atoms. The Morgan fingerprint density at radius 2 is 1.92 bits per heavy atom. The molecule has 0 fully saturated rings. The van der Waals surface area contributed by atoms with Crippen LogP contribution in [0.2, 0.25) is 5.02 Å². The van der Waals surface area contributed by atoms with Crippen molar-refractivity contribution in [3.8, 4) is 5.75 Å². The maximum absolute atomic E-state index is 12.2. The lowest BCUT2D eigenvalue weighted by molar-refractivity contribution is 0.112. The molecule has 0 saturated carbocycles. The zero-order chi connectivity index (χ0) is 18.4. The highest BCUT2D eigenvalue weighted by Crippen LogP contribution is 2.11. The fourth-order valence-corrected chi connectivity index (χ4v) is 2.54. The lowest BCUT2D eigenvalue weighted by Gasteiger charge is -2.09. The fourth-order valence-electron chi connectivity index (χ4n) is 2.43. The summed E-state index contributed by atoms with van der Waals surface area (Å²) in [6, 6.07) is 14.1. The fraction of sp³-hybridized carbons (Fsp3) is 0.150. The van der Waals surface area contributed by atoms with E-state index in [2.05, 4.69) is 4.98 Å². The summed E-state index contributed by atoms with van der Waals surface area (Å²) < 4.78 is 7.23. The van der Waals surface area contributed by atoms with Gasteiger partial charge in [-0.25, -0.2) is 0 Å². The van der Waals surface area contributed by atoms with Crippen LogP contribution in [0.4, 0.5) is 0 Å². The van der Waals surface area contributed by atoms with E-state index in [1.165, 1.54) is 6.07 Å². The summed E-state index contributed by atoms with van der Waals surface area (Å²) in [7, 11) is 0. The molecule has 0 unspecified atom stereocenters. The largest absolute Gasteiger partial charge is 0.487 e. The van der Waals surface area contributed by atoms with Crippen molar-refractivity contribution in [2.45, 2.75) is 19.6 Å². The second-order valence-corrected chi connectivity index (χ2v) is 6.20. The molecule has 0 atom stereocenters. The van der Waals surface area contributed by atoms with Crippen molar-refractivity contribution in [1.82, 2.24) is 9.55 Å². The number of halogens is 1. The summed E-state index contributed by atoms with van der Waals surface area (Å²) in [5.74, 6) is 0.498. The standard InChI is InChI=1S/C20H17ClN2O3/c21-17-5-6-18(22-12-17)14-26-19-8-10-23(20(25)11-19)9-7-15-1-3-16(13-24)4-2-15/h1-6,8,10-13H,7,9,14H2. The summed E-state index contributed by atoms with van der Waals surface area (Å²) in [6.07, 6.45) is 4.78. The Labute approximate surface area is 155 Å². The first kappa shape index (κ1) is 17.9. The monoisotopic (exact) mass is 368 g/mol. The molecular weight excluding hydrogens is 352 g/mol. The van der Waals surface area contributed by atoms with Crippen LogP contribution in [0.3, 0.4) is 0 Å². The van der Waals surface area contributed by atoms with E-state index in [-0.39, 0.29) is 12.2 Å². The Morgan fingerprint density at radius 3 is 2.58 bits per heavy atom. The van der Waals surface area contributed by atoms with Crippen LogP contribution >= 0.6 is 11.6 Å². The third-order valence-electron chi connectivity index (χ3n) is 3.90. The number of rotatable bonds is 7. The van der Waals surface area contributed by atoms with Crippen LogP contribution in [0, 0.1) is 0 Å². The van der Waals surface area contributed by atoms with Crippen LogP contribution in [0.25, 0.3) is 0 Å². The van der Waals surface area contributed by atoms with E-state index in [9.17, 15) is 9.59 Å². The van der Waals surface area contributed by atoms with Crippen molar-refractivity contribution in [3.05, 3.63) is 93.1 Å². The predicted octanol–water partition coefficient (Wildman–Crippen LogP) is 3.53. The first-order chi connectivity index (χ1) is 12.6. The van der Waals surface area contributed by atoms with Gasteiger partial charge < -0.3 is 9.30 Å². The molecule has 3 rings (SSSR count). The van der Waals surface area contributed by atoms with Gasteiger partial charge in [-0.2, -0.15) is 0 Å². The molecule has 6 heteroatoms. The molecule has 132 valence electrons. The number of aromatic nitrogens is 2. The third-order valence-corrected chi connectivity index (χ3v) is 4.12. The number of hydrogen-bond acceptors (Lipinski definition) is 4. The topological polar surface area (TPSA) is 61.2 Å². The second-order valence-electron chi connectivity index (χ2n) is 5.76. The van der Waals surface area contributed by atoms with Gasteiger partial charge in [-0.05, 0) is 30.2 Å². The lowest BCUT2D eigenvalue weighted by Crippen LogP contribution is -2.19. The molecule has 0 amide bonds. The zero-order valence-corrected chi connectivity index (χ0v) is 14.7. The van der Waals surface area contributed by atoms with Gasteiger partial charge in [-0.1, -0.05) is 35.9 Å². The number of nitrogens with zero attached hydrogens (tertiary/aromatic N) is 2. The van der Waals surface area contributed by atoms with Gasteiger partial charge in [-0.3, -0.25) is 14.6 Å². The Morgan fingerprint density at radius 1 is 1.12 bits per heavy atom. The van der Waals surface area contributed by atoms with Crippen molar-refractivity contribution in [1.29, 1.82) is 0 Å². The Hall–Kier alpha value is -2.92. The minimum absolute atomic E-state index is 0.129. The molecule has 1 aromatic carbocycles. The summed E-state index contributed by atoms with van der Waals surface area (Å²) in [6.45, 7) is 0.821. The third kappa shape index (κ3) is 4.80. The van der Waals surface area contributed by atoms with E-state index >= 15 is 0 Å². The van der Waals surface area contributed by atoms with Crippen LogP contribution in [-0.2, 0) is 19.6 Å². The zero-order valence-electron chi connectivity index (χ0n) is 14.0. The molecule has 0 aliphatic heterocycles. The molecule has 5 nitrogen and oxygen atoms in total. The second kappa shape index (κ2) is 8.45. The quantitative estimate of drug-likeness (QED) is 0.598. The number of pyridine rings is 2. The highest BCUT2D eigenvalue weighted by Gasteiger charge is 2.02. The Kier molecular flexibility index (Phi) is 5.81. The molecule has 0 spiro atoms. The number of benzene rings is 1. The van der Waals surface area contributed by atoms with Crippen LogP contribution in [-0.4, -0.2) is 15.8 Å². The van der Waals surface area contributed by atoms with Crippen LogP contribution < -0.4 is 10.3 Å². The molecule has 0 bridgehead atoms. The van der Waals surface area contributed by atoms with Gasteiger partial charge in [0.2, 0.25) is 0 Å². The van der Waals surface area contributed by atoms with Gasteiger partial charge in [0.25, 0.3) is 5.56 Å². The van der Waals surface area contributed by atoms with Crippen molar-refractivity contribution >= 4 is 17.9 Å². The van der Waals surface area contributed by atoms with Gasteiger partial charge >= 0.3 is 0 Å². The number of carbonyl (C=O) groups excluding carboxylic acids is 1. The minimum atomic E-state index is -0.129. The number of ether oxygens (including phenoxy) is 1. The maximum atomic E-state index is 12.2. The SMILES string of the molecule is O=Cc1ccc(CCn2ccc(OCc3ccc(Cl)cn3)cc2=O)cc1. The van der Waals surface area contributed by atoms with Crippen molar-refractivity contribution in [2.24, 2.45) is 0 Å². The van der Waals surface area contributed by atoms with Crippen molar-refractivity contribution in [2.75, 3.05) is 0 Å². The van der Waals surface area contributed by atoms with Crippen LogP contribution in [0.1, 0.15) is 21.6 Å². The van der Waals surface area contributed by atoms with E-state index in [0.717, 1.165) is 17.5 Å². The predicted molar refractivity (Wildman–Crippen MR) is 99.8 cm³/mol.